The second kappa shape index (κ2) is 7.47. The molecule has 3 nitrogen and oxygen atoms in total. The summed E-state index contributed by atoms with van der Waals surface area (Å²) >= 11 is 0. The van der Waals surface area contributed by atoms with Gasteiger partial charge < -0.3 is 9.64 Å². The first-order valence-electron chi connectivity index (χ1n) is 9.41. The van der Waals surface area contributed by atoms with Crippen LogP contribution in [0.25, 0.3) is 0 Å². The largest absolute Gasteiger partial charge is 0.441 e. The molecular weight excluding hydrogens is 308 g/mol. The van der Waals surface area contributed by atoms with E-state index in [1.807, 2.05) is 6.21 Å². The highest BCUT2D eigenvalue weighted by Crippen LogP contribution is 2.31. The molecule has 0 saturated heterocycles. The van der Waals surface area contributed by atoms with Gasteiger partial charge in [0.1, 0.15) is 12.4 Å². The summed E-state index contributed by atoms with van der Waals surface area (Å²) in [7, 11) is 0. The zero-order valence-electron chi connectivity index (χ0n) is 16.2. The van der Waals surface area contributed by atoms with Gasteiger partial charge in [-0.25, -0.2) is 0 Å². The van der Waals surface area contributed by atoms with Gasteiger partial charge in [-0.15, -0.1) is 0 Å². The summed E-state index contributed by atoms with van der Waals surface area (Å²) in [4.78, 5) is 6.94. The second-order valence-corrected chi connectivity index (χ2v) is 7.61. The maximum atomic E-state index is 6.47. The fourth-order valence-corrected chi connectivity index (χ4v) is 3.70. The molecule has 0 fully saturated rings. The number of allylic oxidation sites excluding steroid dienone is 2. The van der Waals surface area contributed by atoms with Crippen LogP contribution in [0.4, 0.5) is 0 Å². The molecule has 0 spiro atoms. The Labute approximate surface area is 152 Å². The van der Waals surface area contributed by atoms with Crippen molar-refractivity contribution in [2.24, 2.45) is 10.9 Å². The van der Waals surface area contributed by atoms with E-state index in [4.69, 9.17) is 4.74 Å². The number of nitrogens with zero attached hydrogens (tertiary/aromatic N) is 2. The number of aliphatic imine (C=N–C) groups is 1. The quantitative estimate of drug-likeness (QED) is 0.672. The lowest BCUT2D eigenvalue weighted by Crippen LogP contribution is -2.39. The molecule has 0 saturated carbocycles. The molecule has 2 aliphatic rings. The summed E-state index contributed by atoms with van der Waals surface area (Å²) in [6.45, 7) is 11.6. The Morgan fingerprint density at radius 1 is 1.08 bits per heavy atom. The Kier molecular flexibility index (Phi) is 5.31. The highest BCUT2D eigenvalue weighted by Gasteiger charge is 2.28. The van der Waals surface area contributed by atoms with Crippen LogP contribution in [0.5, 0.6) is 5.75 Å². The minimum absolute atomic E-state index is 0.328. The van der Waals surface area contributed by atoms with Crippen LogP contribution in [0, 0.1) is 19.8 Å². The summed E-state index contributed by atoms with van der Waals surface area (Å²) in [5.74, 6) is 2.26. The van der Waals surface area contributed by atoms with Crippen molar-refractivity contribution in [3.05, 3.63) is 52.4 Å². The van der Waals surface area contributed by atoms with Gasteiger partial charge in [-0.05, 0) is 69.2 Å². The first-order chi connectivity index (χ1) is 12.0. The summed E-state index contributed by atoms with van der Waals surface area (Å²) < 4.78 is 6.47. The van der Waals surface area contributed by atoms with Crippen LogP contribution in [0.2, 0.25) is 0 Å². The van der Waals surface area contributed by atoms with Gasteiger partial charge in [-0.2, -0.15) is 0 Å². The van der Waals surface area contributed by atoms with E-state index in [-0.39, 0.29) is 0 Å². The summed E-state index contributed by atoms with van der Waals surface area (Å²) in [6, 6.07) is 6.73. The van der Waals surface area contributed by atoms with Crippen molar-refractivity contribution in [3.8, 4) is 5.75 Å². The summed E-state index contributed by atoms with van der Waals surface area (Å²) in [5.41, 5.74) is 5.14. The van der Waals surface area contributed by atoms with Crippen LogP contribution in [-0.2, 0) is 0 Å². The lowest BCUT2D eigenvalue weighted by molar-refractivity contribution is 0.182. The Morgan fingerprint density at radius 2 is 1.80 bits per heavy atom. The van der Waals surface area contributed by atoms with Crippen LogP contribution in [0.3, 0.4) is 0 Å². The normalized spacial score (nSPS) is 18.8. The summed E-state index contributed by atoms with van der Waals surface area (Å²) in [6.07, 6.45) is 8.05. The van der Waals surface area contributed by atoms with E-state index in [9.17, 15) is 0 Å². The lowest BCUT2D eigenvalue weighted by Gasteiger charge is -2.36. The Hall–Kier alpha value is -2.03. The van der Waals surface area contributed by atoms with Gasteiger partial charge in [0.25, 0.3) is 0 Å². The lowest BCUT2D eigenvalue weighted by atomic mass is 10.0. The molecule has 3 rings (SSSR count). The maximum absolute atomic E-state index is 6.47. The molecule has 1 heterocycles. The molecule has 1 aliphatic carbocycles. The van der Waals surface area contributed by atoms with Crippen LogP contribution in [0.1, 0.15) is 51.2 Å². The molecule has 1 aromatic rings. The molecule has 0 radical (unpaired) electrons. The van der Waals surface area contributed by atoms with Crippen LogP contribution >= 0.6 is 0 Å². The van der Waals surface area contributed by atoms with E-state index >= 15 is 0 Å². The smallest absolute Gasteiger partial charge is 0.203 e. The van der Waals surface area contributed by atoms with Crippen molar-refractivity contribution < 1.29 is 4.74 Å². The van der Waals surface area contributed by atoms with Crippen molar-refractivity contribution in [3.63, 3.8) is 0 Å². The minimum atomic E-state index is 0.328. The monoisotopic (exact) mass is 338 g/mol. The average molecular weight is 338 g/mol. The van der Waals surface area contributed by atoms with E-state index in [0.29, 0.717) is 18.6 Å². The van der Waals surface area contributed by atoms with Crippen molar-refractivity contribution in [1.29, 1.82) is 0 Å². The van der Waals surface area contributed by atoms with E-state index in [2.05, 4.69) is 68.8 Å². The zero-order valence-corrected chi connectivity index (χ0v) is 16.2. The van der Waals surface area contributed by atoms with Gasteiger partial charge in [0.05, 0.1) is 6.04 Å². The molecule has 1 atom stereocenters. The van der Waals surface area contributed by atoms with Gasteiger partial charge in [-0.1, -0.05) is 31.6 Å². The highest BCUT2D eigenvalue weighted by molar-refractivity contribution is 5.80. The van der Waals surface area contributed by atoms with Crippen LogP contribution in [-0.4, -0.2) is 23.8 Å². The SMILES string of the molecule is Cc1cc(C)cc(OC2=C(C(C)C)C=NCN2C(C)C2=CCCC2)c1. The molecule has 0 amide bonds. The molecule has 25 heavy (non-hydrogen) atoms. The Balaban J connectivity index is 1.96. The molecular formula is C22H30N2O. The number of hydrogen-bond acceptors (Lipinski definition) is 3. The van der Waals surface area contributed by atoms with E-state index < -0.39 is 0 Å². The fraction of sp³-hybridized carbons (Fsp3) is 0.500. The van der Waals surface area contributed by atoms with Crippen molar-refractivity contribution in [2.75, 3.05) is 6.67 Å². The maximum Gasteiger partial charge on any atom is 0.203 e. The third kappa shape index (κ3) is 3.97. The number of hydrogen-bond donors (Lipinski definition) is 0. The number of aryl methyl sites for hydroxylation is 2. The second-order valence-electron chi connectivity index (χ2n) is 7.61. The Bertz CT molecular complexity index is 707. The van der Waals surface area contributed by atoms with Crippen molar-refractivity contribution >= 4 is 6.21 Å². The van der Waals surface area contributed by atoms with Gasteiger partial charge in [-0.3, -0.25) is 4.99 Å². The average Bonchev–Trinajstić information content (AvgIpc) is 3.07. The van der Waals surface area contributed by atoms with Gasteiger partial charge in [0.2, 0.25) is 5.88 Å². The third-order valence-electron chi connectivity index (χ3n) is 5.08. The van der Waals surface area contributed by atoms with E-state index in [1.54, 1.807) is 0 Å². The summed E-state index contributed by atoms with van der Waals surface area (Å²) in [5, 5.41) is 0. The van der Waals surface area contributed by atoms with Gasteiger partial charge in [0, 0.05) is 11.8 Å². The minimum Gasteiger partial charge on any atom is -0.441 e. The fourth-order valence-electron chi connectivity index (χ4n) is 3.70. The predicted octanol–water partition coefficient (Wildman–Crippen LogP) is 5.39. The van der Waals surface area contributed by atoms with Crippen LogP contribution in [0.15, 0.2) is 46.3 Å². The van der Waals surface area contributed by atoms with E-state index in [1.165, 1.54) is 41.5 Å². The van der Waals surface area contributed by atoms with E-state index in [0.717, 1.165) is 11.6 Å². The molecule has 1 aromatic carbocycles. The molecule has 134 valence electrons. The molecule has 0 bridgehead atoms. The first-order valence-corrected chi connectivity index (χ1v) is 9.41. The third-order valence-corrected chi connectivity index (χ3v) is 5.08. The topological polar surface area (TPSA) is 24.8 Å². The van der Waals surface area contributed by atoms with Gasteiger partial charge >= 0.3 is 0 Å². The molecule has 0 aromatic heterocycles. The zero-order chi connectivity index (χ0) is 18.0. The first kappa shape index (κ1) is 17.8. The molecule has 3 heteroatoms. The van der Waals surface area contributed by atoms with Gasteiger partial charge in [0.15, 0.2) is 0 Å². The number of rotatable bonds is 5. The molecule has 0 N–H and O–H groups in total. The number of ether oxygens (including phenoxy) is 1. The predicted molar refractivity (Wildman–Crippen MR) is 105 cm³/mol. The van der Waals surface area contributed by atoms with Crippen LogP contribution < -0.4 is 4.74 Å². The van der Waals surface area contributed by atoms with Crippen molar-refractivity contribution in [1.82, 2.24) is 4.90 Å². The van der Waals surface area contributed by atoms with Crippen molar-refractivity contribution in [2.45, 2.75) is 59.9 Å². The standard InChI is InChI=1S/C22H30N2O/c1-15(2)21-13-23-14-24(18(5)19-8-6-7-9-19)22(21)25-20-11-16(3)10-17(4)12-20/h8,10-13,15,18H,6-7,9,14H2,1-5H3. The highest BCUT2D eigenvalue weighted by atomic mass is 16.5. The number of benzene rings is 1. The molecule has 1 unspecified atom stereocenters. The Morgan fingerprint density at radius 3 is 2.40 bits per heavy atom. The molecule has 1 aliphatic heterocycles.